The van der Waals surface area contributed by atoms with Crippen molar-refractivity contribution in [2.45, 2.75) is 13.8 Å². The lowest BCUT2D eigenvalue weighted by Gasteiger charge is -2.16. The first-order chi connectivity index (χ1) is 8.04. The molecule has 1 amide bonds. The number of hydrogen-bond donors (Lipinski definition) is 1. The Kier molecular flexibility index (Phi) is 4.92. The first-order valence-corrected chi connectivity index (χ1v) is 5.93. The van der Waals surface area contributed by atoms with Gasteiger partial charge in [-0.05, 0) is 30.4 Å². The Balaban J connectivity index is 2.76. The summed E-state index contributed by atoms with van der Waals surface area (Å²) < 4.78 is 24.6. The van der Waals surface area contributed by atoms with Crippen molar-refractivity contribution in [1.82, 2.24) is 4.47 Å². The molecule has 1 aromatic carbocycles. The lowest BCUT2D eigenvalue weighted by molar-refractivity contribution is 0.0204. The van der Waals surface area contributed by atoms with Crippen LogP contribution in [0, 0.1) is 6.92 Å². The lowest BCUT2D eigenvalue weighted by atomic mass is 10.2. The Bertz CT molecular complexity index is 406. The quantitative estimate of drug-likeness (QED) is 0.660. The SMILES string of the molecule is CCOC(=O)N(Oc1ccc(C)cc1)S(=O)O. The van der Waals surface area contributed by atoms with Gasteiger partial charge in [-0.15, -0.1) is 0 Å². The van der Waals surface area contributed by atoms with Crippen molar-refractivity contribution in [3.8, 4) is 5.75 Å². The Morgan fingerprint density at radius 1 is 1.41 bits per heavy atom. The van der Waals surface area contributed by atoms with E-state index in [1.54, 1.807) is 31.2 Å². The van der Waals surface area contributed by atoms with Crippen molar-refractivity contribution < 1.29 is 23.1 Å². The third kappa shape index (κ3) is 4.04. The maximum Gasteiger partial charge on any atom is 0.458 e. The van der Waals surface area contributed by atoms with Crippen LogP contribution in [0.2, 0.25) is 0 Å². The molecule has 0 saturated carbocycles. The maximum atomic E-state index is 11.3. The standard InChI is InChI=1S/C10H13NO5S/c1-3-15-10(12)11(17(13)14)16-9-6-4-8(2)5-7-9/h4-7H,3H2,1-2H3,(H,13,14). The van der Waals surface area contributed by atoms with Gasteiger partial charge in [-0.25, -0.2) is 9.00 Å². The highest BCUT2D eigenvalue weighted by Crippen LogP contribution is 2.14. The fraction of sp³-hybridized carbons (Fsp3) is 0.300. The van der Waals surface area contributed by atoms with E-state index < -0.39 is 17.4 Å². The van der Waals surface area contributed by atoms with Gasteiger partial charge >= 0.3 is 17.4 Å². The molecule has 1 rings (SSSR count). The van der Waals surface area contributed by atoms with Gasteiger partial charge in [-0.1, -0.05) is 17.7 Å². The molecular formula is C10H13NO5S. The highest BCUT2D eigenvalue weighted by atomic mass is 32.2. The topological polar surface area (TPSA) is 76.1 Å². The smallest absolute Gasteiger partial charge is 0.447 e. The van der Waals surface area contributed by atoms with E-state index >= 15 is 0 Å². The normalized spacial score (nSPS) is 11.7. The van der Waals surface area contributed by atoms with Crippen LogP contribution >= 0.6 is 0 Å². The highest BCUT2D eigenvalue weighted by molar-refractivity contribution is 7.77. The summed E-state index contributed by atoms with van der Waals surface area (Å²) in [6.07, 6.45) is -1.02. The second kappa shape index (κ2) is 6.21. The summed E-state index contributed by atoms with van der Waals surface area (Å²) in [6.45, 7) is 3.56. The molecule has 1 aromatic rings. The zero-order valence-corrected chi connectivity index (χ0v) is 10.3. The Morgan fingerprint density at radius 2 is 2.00 bits per heavy atom. The molecule has 0 heterocycles. The molecule has 0 aliphatic rings. The first kappa shape index (κ1) is 13.5. The summed E-state index contributed by atoms with van der Waals surface area (Å²) in [6, 6.07) is 6.65. The van der Waals surface area contributed by atoms with Crippen LogP contribution in [0.5, 0.6) is 5.75 Å². The molecule has 1 atom stereocenters. The largest absolute Gasteiger partial charge is 0.458 e. The molecule has 0 aliphatic heterocycles. The molecule has 0 saturated heterocycles. The summed E-state index contributed by atoms with van der Waals surface area (Å²) >= 11 is -2.60. The Labute approximate surface area is 102 Å². The van der Waals surface area contributed by atoms with E-state index in [4.69, 9.17) is 9.39 Å². The molecule has 1 unspecified atom stereocenters. The number of carbonyl (C=O) groups is 1. The number of benzene rings is 1. The van der Waals surface area contributed by atoms with Crippen molar-refractivity contribution in [2.75, 3.05) is 6.61 Å². The first-order valence-electron chi connectivity index (χ1n) is 4.87. The molecule has 1 N–H and O–H groups in total. The summed E-state index contributed by atoms with van der Waals surface area (Å²) in [5.41, 5.74) is 1.00. The summed E-state index contributed by atoms with van der Waals surface area (Å²) in [5.74, 6) is 0.269. The number of rotatable bonds is 4. The average Bonchev–Trinajstić information content (AvgIpc) is 2.28. The van der Waals surface area contributed by atoms with Crippen molar-refractivity contribution in [3.63, 3.8) is 0 Å². The van der Waals surface area contributed by atoms with Gasteiger partial charge in [-0.2, -0.15) is 0 Å². The molecule has 94 valence electrons. The van der Waals surface area contributed by atoms with Gasteiger partial charge in [0.2, 0.25) is 0 Å². The van der Waals surface area contributed by atoms with Crippen LogP contribution in [0.25, 0.3) is 0 Å². The van der Waals surface area contributed by atoms with Crippen molar-refractivity contribution >= 4 is 17.4 Å². The van der Waals surface area contributed by atoms with E-state index in [2.05, 4.69) is 4.74 Å². The zero-order chi connectivity index (χ0) is 12.8. The van der Waals surface area contributed by atoms with Crippen molar-refractivity contribution in [1.29, 1.82) is 0 Å². The second-order valence-corrected chi connectivity index (χ2v) is 3.88. The third-order valence-electron chi connectivity index (χ3n) is 1.77. The van der Waals surface area contributed by atoms with E-state index in [9.17, 15) is 9.00 Å². The van der Waals surface area contributed by atoms with E-state index in [-0.39, 0.29) is 16.8 Å². The molecule has 17 heavy (non-hydrogen) atoms. The number of nitrogens with zero attached hydrogens (tertiary/aromatic N) is 1. The van der Waals surface area contributed by atoms with E-state index in [0.29, 0.717) is 0 Å². The minimum absolute atomic E-state index is 0.0871. The summed E-state index contributed by atoms with van der Waals surface area (Å²) in [5, 5.41) is 0. The molecule has 6 nitrogen and oxygen atoms in total. The Morgan fingerprint density at radius 3 is 2.47 bits per heavy atom. The van der Waals surface area contributed by atoms with Crippen LogP contribution in [0.15, 0.2) is 24.3 Å². The van der Waals surface area contributed by atoms with E-state index in [0.717, 1.165) is 5.56 Å². The molecule has 0 aliphatic carbocycles. The second-order valence-electron chi connectivity index (χ2n) is 3.09. The third-order valence-corrected chi connectivity index (χ3v) is 2.28. The van der Waals surface area contributed by atoms with Gasteiger partial charge in [0.15, 0.2) is 5.75 Å². The summed E-state index contributed by atoms with van der Waals surface area (Å²) in [7, 11) is 0. The van der Waals surface area contributed by atoms with Gasteiger partial charge in [0.1, 0.15) is 0 Å². The average molecular weight is 259 g/mol. The van der Waals surface area contributed by atoms with Crippen LogP contribution in [0.3, 0.4) is 0 Å². The number of amides is 1. The predicted molar refractivity (Wildman–Crippen MR) is 61.4 cm³/mol. The van der Waals surface area contributed by atoms with Crippen LogP contribution in [-0.4, -0.2) is 25.9 Å². The van der Waals surface area contributed by atoms with E-state index in [1.165, 1.54) is 0 Å². The highest BCUT2D eigenvalue weighted by Gasteiger charge is 2.23. The molecule has 7 heteroatoms. The molecule has 0 aromatic heterocycles. The predicted octanol–water partition coefficient (Wildman–Crippen LogP) is 1.88. The number of hydroxylamine groups is 1. The van der Waals surface area contributed by atoms with Crippen LogP contribution in [-0.2, 0) is 16.0 Å². The fourth-order valence-electron chi connectivity index (χ4n) is 1.00. The lowest BCUT2D eigenvalue weighted by Crippen LogP contribution is -2.36. The monoisotopic (exact) mass is 259 g/mol. The number of ether oxygens (including phenoxy) is 1. The van der Waals surface area contributed by atoms with Gasteiger partial charge in [0.25, 0.3) is 0 Å². The van der Waals surface area contributed by atoms with E-state index in [1.807, 2.05) is 6.92 Å². The van der Waals surface area contributed by atoms with Crippen molar-refractivity contribution in [2.24, 2.45) is 0 Å². The Hall–Kier alpha value is -1.60. The minimum atomic E-state index is -2.60. The van der Waals surface area contributed by atoms with Gasteiger partial charge in [0.05, 0.1) is 6.61 Å². The van der Waals surface area contributed by atoms with Crippen molar-refractivity contribution in [3.05, 3.63) is 29.8 Å². The van der Waals surface area contributed by atoms with Gasteiger partial charge in [-0.3, -0.25) is 4.55 Å². The number of aryl methyl sites for hydroxylation is 1. The van der Waals surface area contributed by atoms with Gasteiger partial charge < -0.3 is 9.57 Å². The molecule has 0 spiro atoms. The van der Waals surface area contributed by atoms with Crippen LogP contribution < -0.4 is 4.84 Å². The van der Waals surface area contributed by atoms with Crippen LogP contribution in [0.4, 0.5) is 4.79 Å². The van der Waals surface area contributed by atoms with Crippen LogP contribution in [0.1, 0.15) is 12.5 Å². The number of carbonyl (C=O) groups excluding carboxylic acids is 1. The molecule has 0 fully saturated rings. The molecule has 0 bridgehead atoms. The summed E-state index contributed by atoms with van der Waals surface area (Å²) in [4.78, 5) is 16.2. The fourth-order valence-corrected chi connectivity index (χ4v) is 1.33. The van der Waals surface area contributed by atoms with Gasteiger partial charge in [0, 0.05) is 0 Å². The maximum absolute atomic E-state index is 11.3. The number of hydrogen-bond acceptors (Lipinski definition) is 4. The molecule has 0 radical (unpaired) electrons. The minimum Gasteiger partial charge on any atom is -0.447 e. The molecular weight excluding hydrogens is 246 g/mol. The zero-order valence-electron chi connectivity index (χ0n) is 9.45.